The molecule has 0 unspecified atom stereocenters. The molecule has 0 atom stereocenters. The molecule has 0 aliphatic heterocycles. The Morgan fingerprint density at radius 2 is 2.04 bits per heavy atom. The van der Waals surface area contributed by atoms with Crippen LogP contribution in [0.3, 0.4) is 0 Å². The predicted octanol–water partition coefficient (Wildman–Crippen LogP) is 3.51. The molecule has 2 heterocycles. The van der Waals surface area contributed by atoms with Crippen molar-refractivity contribution >= 4 is 16.9 Å². The minimum Gasteiger partial charge on any atom is -0.348 e. The Labute approximate surface area is 129 Å². The smallest absolute Gasteiger partial charge is 0.348 e. The van der Waals surface area contributed by atoms with Gasteiger partial charge >= 0.3 is 6.18 Å². The summed E-state index contributed by atoms with van der Waals surface area (Å²) in [5, 5.41) is 3.28. The van der Waals surface area contributed by atoms with E-state index in [0.717, 1.165) is 12.1 Å². The molecule has 0 spiro atoms. The van der Waals surface area contributed by atoms with Gasteiger partial charge < -0.3 is 10.3 Å². The van der Waals surface area contributed by atoms with Crippen molar-refractivity contribution in [1.29, 1.82) is 0 Å². The van der Waals surface area contributed by atoms with Gasteiger partial charge in [-0.15, -0.1) is 0 Å². The Morgan fingerprint density at radius 3 is 2.83 bits per heavy atom. The van der Waals surface area contributed by atoms with E-state index >= 15 is 0 Å². The van der Waals surface area contributed by atoms with Gasteiger partial charge in [-0.05, 0) is 29.8 Å². The number of nitrogens with zero attached hydrogens (tertiary/aromatic N) is 1. The fourth-order valence-corrected chi connectivity index (χ4v) is 2.28. The van der Waals surface area contributed by atoms with Crippen LogP contribution in [0.1, 0.15) is 21.5 Å². The molecule has 3 rings (SSSR count). The van der Waals surface area contributed by atoms with E-state index in [0.29, 0.717) is 22.2 Å². The monoisotopic (exact) mass is 319 g/mol. The molecule has 0 saturated carbocycles. The fourth-order valence-electron chi connectivity index (χ4n) is 2.28. The number of halogens is 3. The lowest BCUT2D eigenvalue weighted by molar-refractivity contribution is -0.137. The highest BCUT2D eigenvalue weighted by Crippen LogP contribution is 2.29. The standard InChI is InChI=1S/C16H12F3N3O/c17-16(18,19)11-4-1-3-10(7-11)8-22-15(23)13-9-21-14-12(13)5-2-6-20-14/h1-7,9H,8H2,(H,20,21)(H,22,23). The topological polar surface area (TPSA) is 57.8 Å². The lowest BCUT2D eigenvalue weighted by Crippen LogP contribution is -2.22. The fraction of sp³-hybridized carbons (Fsp3) is 0.125. The maximum absolute atomic E-state index is 12.7. The summed E-state index contributed by atoms with van der Waals surface area (Å²) in [5.41, 5.74) is 0.628. The molecule has 2 N–H and O–H groups in total. The van der Waals surface area contributed by atoms with Crippen LogP contribution in [0.5, 0.6) is 0 Å². The zero-order valence-electron chi connectivity index (χ0n) is 11.8. The van der Waals surface area contributed by atoms with E-state index in [1.54, 1.807) is 18.3 Å². The van der Waals surface area contributed by atoms with E-state index in [4.69, 9.17) is 0 Å². The highest BCUT2D eigenvalue weighted by Gasteiger charge is 2.30. The molecule has 0 bridgehead atoms. The Hall–Kier alpha value is -2.83. The summed E-state index contributed by atoms with van der Waals surface area (Å²) < 4.78 is 38.0. The Bertz CT molecular complexity index is 855. The molecule has 0 saturated heterocycles. The highest BCUT2D eigenvalue weighted by atomic mass is 19.4. The minimum atomic E-state index is -4.40. The van der Waals surface area contributed by atoms with Crippen LogP contribution in [-0.4, -0.2) is 15.9 Å². The predicted molar refractivity (Wildman–Crippen MR) is 78.7 cm³/mol. The van der Waals surface area contributed by atoms with Gasteiger partial charge in [0.05, 0.1) is 11.1 Å². The lowest BCUT2D eigenvalue weighted by Gasteiger charge is -2.09. The molecule has 118 valence electrons. The largest absolute Gasteiger partial charge is 0.416 e. The van der Waals surface area contributed by atoms with E-state index < -0.39 is 11.7 Å². The van der Waals surface area contributed by atoms with E-state index in [1.807, 2.05) is 0 Å². The van der Waals surface area contributed by atoms with Gasteiger partial charge in [0, 0.05) is 24.3 Å². The number of hydrogen-bond donors (Lipinski definition) is 2. The van der Waals surface area contributed by atoms with Crippen molar-refractivity contribution in [3.8, 4) is 0 Å². The summed E-state index contributed by atoms with van der Waals surface area (Å²) in [6.45, 7) is 0.00961. The zero-order valence-corrected chi connectivity index (χ0v) is 11.8. The number of pyridine rings is 1. The first-order valence-electron chi connectivity index (χ1n) is 6.81. The lowest BCUT2D eigenvalue weighted by atomic mass is 10.1. The number of carbonyl (C=O) groups excluding carboxylic acids is 1. The second-order valence-electron chi connectivity index (χ2n) is 4.98. The van der Waals surface area contributed by atoms with Crippen molar-refractivity contribution in [2.24, 2.45) is 0 Å². The molecule has 4 nitrogen and oxygen atoms in total. The molecule has 23 heavy (non-hydrogen) atoms. The minimum absolute atomic E-state index is 0.00961. The van der Waals surface area contributed by atoms with Crippen LogP contribution in [0.25, 0.3) is 11.0 Å². The average Bonchev–Trinajstić information content (AvgIpc) is 2.96. The second kappa shape index (κ2) is 5.75. The molecular formula is C16H12F3N3O. The van der Waals surface area contributed by atoms with E-state index in [9.17, 15) is 18.0 Å². The summed E-state index contributed by atoms with van der Waals surface area (Å²) in [6.07, 6.45) is -1.27. The SMILES string of the molecule is O=C(NCc1cccc(C(F)(F)F)c1)c1c[nH]c2ncccc12. The third-order valence-electron chi connectivity index (χ3n) is 3.40. The third kappa shape index (κ3) is 3.18. The molecule has 0 radical (unpaired) electrons. The number of rotatable bonds is 3. The van der Waals surface area contributed by atoms with E-state index in [-0.39, 0.29) is 12.5 Å². The van der Waals surface area contributed by atoms with Crippen LogP contribution in [-0.2, 0) is 12.7 Å². The molecule has 1 amide bonds. The van der Waals surface area contributed by atoms with Crippen molar-refractivity contribution in [2.75, 3.05) is 0 Å². The zero-order chi connectivity index (χ0) is 16.4. The maximum atomic E-state index is 12.7. The summed E-state index contributed by atoms with van der Waals surface area (Å²) >= 11 is 0. The second-order valence-corrected chi connectivity index (χ2v) is 4.98. The van der Waals surface area contributed by atoms with Gasteiger partial charge in [0.25, 0.3) is 5.91 Å². The Balaban J connectivity index is 1.75. The number of amides is 1. The van der Waals surface area contributed by atoms with Gasteiger partial charge in [0.1, 0.15) is 5.65 Å². The van der Waals surface area contributed by atoms with Crippen molar-refractivity contribution in [2.45, 2.75) is 12.7 Å². The summed E-state index contributed by atoms with van der Waals surface area (Å²) in [6, 6.07) is 8.33. The van der Waals surface area contributed by atoms with E-state index in [1.165, 1.54) is 18.3 Å². The molecular weight excluding hydrogens is 307 g/mol. The van der Waals surface area contributed by atoms with Gasteiger partial charge in [-0.3, -0.25) is 4.79 Å². The van der Waals surface area contributed by atoms with Crippen molar-refractivity contribution in [3.05, 3.63) is 65.5 Å². The quantitative estimate of drug-likeness (QED) is 0.776. The van der Waals surface area contributed by atoms with Crippen LogP contribution in [0, 0.1) is 0 Å². The first kappa shape index (κ1) is 15.1. The average molecular weight is 319 g/mol. The van der Waals surface area contributed by atoms with Crippen LogP contribution >= 0.6 is 0 Å². The number of H-pyrrole nitrogens is 1. The van der Waals surface area contributed by atoms with Crippen molar-refractivity contribution in [3.63, 3.8) is 0 Å². The number of carbonyl (C=O) groups is 1. The number of nitrogens with one attached hydrogen (secondary N) is 2. The number of hydrogen-bond acceptors (Lipinski definition) is 2. The summed E-state index contributed by atoms with van der Waals surface area (Å²) in [7, 11) is 0. The molecule has 0 aliphatic rings. The first-order chi connectivity index (χ1) is 10.9. The van der Waals surface area contributed by atoms with Gasteiger partial charge in [0.15, 0.2) is 0 Å². The van der Waals surface area contributed by atoms with Gasteiger partial charge in [-0.2, -0.15) is 13.2 Å². The Morgan fingerprint density at radius 1 is 1.22 bits per heavy atom. The van der Waals surface area contributed by atoms with E-state index in [2.05, 4.69) is 15.3 Å². The third-order valence-corrected chi connectivity index (χ3v) is 3.40. The number of alkyl halides is 3. The van der Waals surface area contributed by atoms with Gasteiger partial charge in [0.2, 0.25) is 0 Å². The van der Waals surface area contributed by atoms with Crippen LogP contribution in [0.2, 0.25) is 0 Å². The Kier molecular flexibility index (Phi) is 3.77. The van der Waals surface area contributed by atoms with Crippen LogP contribution < -0.4 is 5.32 Å². The normalized spacial score (nSPS) is 11.6. The number of aromatic amines is 1. The molecule has 1 aromatic carbocycles. The molecule has 7 heteroatoms. The maximum Gasteiger partial charge on any atom is 0.416 e. The van der Waals surface area contributed by atoms with Gasteiger partial charge in [-0.1, -0.05) is 12.1 Å². The summed E-state index contributed by atoms with van der Waals surface area (Å²) in [5.74, 6) is -0.373. The summed E-state index contributed by atoms with van der Waals surface area (Å²) in [4.78, 5) is 19.1. The molecule has 2 aromatic heterocycles. The highest BCUT2D eigenvalue weighted by molar-refractivity contribution is 6.05. The number of fused-ring (bicyclic) bond motifs is 1. The first-order valence-corrected chi connectivity index (χ1v) is 6.81. The number of benzene rings is 1. The number of aromatic nitrogens is 2. The van der Waals surface area contributed by atoms with Crippen molar-refractivity contribution in [1.82, 2.24) is 15.3 Å². The van der Waals surface area contributed by atoms with Crippen LogP contribution in [0.15, 0.2) is 48.8 Å². The molecule has 0 fully saturated rings. The molecule has 3 aromatic rings. The van der Waals surface area contributed by atoms with Crippen molar-refractivity contribution < 1.29 is 18.0 Å². The molecule has 0 aliphatic carbocycles. The van der Waals surface area contributed by atoms with Gasteiger partial charge in [-0.25, -0.2) is 4.98 Å². The van der Waals surface area contributed by atoms with Crippen LogP contribution in [0.4, 0.5) is 13.2 Å².